The van der Waals surface area contributed by atoms with Crippen molar-refractivity contribution in [1.82, 2.24) is 10.6 Å². The van der Waals surface area contributed by atoms with Gasteiger partial charge in [0.25, 0.3) is 0 Å². The number of rotatable bonds is 9. The molecule has 2 amide bonds. The van der Waals surface area contributed by atoms with Crippen molar-refractivity contribution < 1.29 is 40.6 Å². The lowest BCUT2D eigenvalue weighted by molar-refractivity contribution is -0.275. The fraction of sp³-hybridized carbons (Fsp3) is 0.345. The number of urea groups is 1. The highest BCUT2D eigenvalue weighted by Gasteiger charge is 2.38. The minimum absolute atomic E-state index is 0.00412. The molecule has 0 aliphatic heterocycles. The van der Waals surface area contributed by atoms with Crippen LogP contribution in [0, 0.1) is 0 Å². The van der Waals surface area contributed by atoms with Crippen LogP contribution in [0.3, 0.4) is 0 Å². The van der Waals surface area contributed by atoms with E-state index in [-0.39, 0.29) is 19.0 Å². The number of benzene rings is 3. The average molecular weight is 567 g/mol. The summed E-state index contributed by atoms with van der Waals surface area (Å²) in [5.41, 5.74) is 0.0151. The molecule has 0 saturated heterocycles. The first-order chi connectivity index (χ1) is 18.9. The fourth-order valence-corrected chi connectivity index (χ4v) is 5.10. The SMILES string of the molecule is O=C(NCC(Cc1ccccc1)(c1cccc(OC(F)(F)F)c1)c1cccc(OC(F)(F)F)c1)NC1CCCC1. The Kier molecular flexibility index (Phi) is 8.80. The molecule has 0 bridgehead atoms. The summed E-state index contributed by atoms with van der Waals surface area (Å²) in [6, 6.07) is 18.9. The number of alkyl halides is 6. The van der Waals surface area contributed by atoms with Gasteiger partial charge in [0.15, 0.2) is 0 Å². The van der Waals surface area contributed by atoms with Gasteiger partial charge in [0.2, 0.25) is 0 Å². The third kappa shape index (κ3) is 8.06. The number of carbonyl (C=O) groups is 1. The lowest BCUT2D eigenvalue weighted by atomic mass is 9.70. The monoisotopic (exact) mass is 566 g/mol. The van der Waals surface area contributed by atoms with E-state index < -0.39 is 35.7 Å². The maximum atomic E-state index is 13.1. The molecule has 2 N–H and O–H groups in total. The Hall–Kier alpha value is -3.89. The molecule has 214 valence electrons. The first-order valence-corrected chi connectivity index (χ1v) is 12.7. The third-order valence-corrected chi connectivity index (χ3v) is 6.83. The van der Waals surface area contributed by atoms with Gasteiger partial charge in [0.05, 0.1) is 0 Å². The molecule has 5 nitrogen and oxygen atoms in total. The Bertz CT molecular complexity index is 1220. The third-order valence-electron chi connectivity index (χ3n) is 6.83. The zero-order valence-electron chi connectivity index (χ0n) is 21.3. The maximum absolute atomic E-state index is 13.1. The molecule has 1 saturated carbocycles. The molecule has 4 rings (SSSR count). The number of ether oxygens (including phenoxy) is 2. The van der Waals surface area contributed by atoms with Crippen LogP contribution in [-0.4, -0.2) is 31.3 Å². The van der Waals surface area contributed by atoms with Gasteiger partial charge in [0.1, 0.15) is 11.5 Å². The summed E-state index contributed by atoms with van der Waals surface area (Å²) >= 11 is 0. The van der Waals surface area contributed by atoms with Crippen LogP contribution >= 0.6 is 0 Å². The Balaban J connectivity index is 1.81. The van der Waals surface area contributed by atoms with Gasteiger partial charge in [-0.1, -0.05) is 67.4 Å². The van der Waals surface area contributed by atoms with Crippen molar-refractivity contribution in [3.05, 3.63) is 95.6 Å². The zero-order valence-corrected chi connectivity index (χ0v) is 21.3. The van der Waals surface area contributed by atoms with E-state index in [1.54, 1.807) is 42.5 Å². The van der Waals surface area contributed by atoms with Crippen LogP contribution in [0.1, 0.15) is 42.4 Å². The summed E-state index contributed by atoms with van der Waals surface area (Å²) in [7, 11) is 0. The van der Waals surface area contributed by atoms with Crippen molar-refractivity contribution in [2.24, 2.45) is 0 Å². The van der Waals surface area contributed by atoms with Crippen LogP contribution in [0.15, 0.2) is 78.9 Å². The van der Waals surface area contributed by atoms with Gasteiger partial charge in [0, 0.05) is 18.0 Å². The zero-order chi connectivity index (χ0) is 28.8. The Labute approximate surface area is 227 Å². The molecular formula is C29H28F6N2O3. The summed E-state index contributed by atoms with van der Waals surface area (Å²) in [5.74, 6) is -0.999. The standard InChI is InChI=1S/C29H28F6N2O3/c30-28(31,32)39-24-14-6-10-21(16-24)27(18-20-8-2-1-3-9-20,19-36-26(38)37-23-12-4-5-13-23)22-11-7-15-25(17-22)40-29(33,34)35/h1-3,6-11,14-17,23H,4-5,12-13,18-19H2,(H2,36,37,38). The highest BCUT2D eigenvalue weighted by molar-refractivity contribution is 5.74. The molecule has 0 aromatic heterocycles. The molecule has 11 heteroatoms. The van der Waals surface area contributed by atoms with Crippen LogP contribution < -0.4 is 20.1 Å². The average Bonchev–Trinajstić information content (AvgIpc) is 3.38. The molecule has 3 aromatic rings. The van der Waals surface area contributed by atoms with E-state index in [1.807, 2.05) is 0 Å². The second-order valence-electron chi connectivity index (χ2n) is 9.70. The van der Waals surface area contributed by atoms with E-state index in [2.05, 4.69) is 20.1 Å². The summed E-state index contributed by atoms with van der Waals surface area (Å²) in [5, 5.41) is 5.73. The highest BCUT2D eigenvalue weighted by Crippen LogP contribution is 2.40. The smallest absolute Gasteiger partial charge is 0.406 e. The largest absolute Gasteiger partial charge is 0.573 e. The second kappa shape index (κ2) is 12.1. The molecule has 0 atom stereocenters. The van der Waals surface area contributed by atoms with Gasteiger partial charge < -0.3 is 20.1 Å². The van der Waals surface area contributed by atoms with Gasteiger partial charge >= 0.3 is 18.8 Å². The molecule has 1 aliphatic rings. The van der Waals surface area contributed by atoms with Crippen molar-refractivity contribution >= 4 is 6.03 Å². The molecule has 1 fully saturated rings. The molecule has 0 radical (unpaired) electrons. The number of hydrogen-bond donors (Lipinski definition) is 2. The second-order valence-corrected chi connectivity index (χ2v) is 9.70. The van der Waals surface area contributed by atoms with Gasteiger partial charge in [-0.2, -0.15) is 0 Å². The Morgan fingerprint density at radius 3 is 1.77 bits per heavy atom. The molecular weight excluding hydrogens is 538 g/mol. The predicted molar refractivity (Wildman–Crippen MR) is 136 cm³/mol. The van der Waals surface area contributed by atoms with Crippen molar-refractivity contribution in [3.63, 3.8) is 0 Å². The highest BCUT2D eigenvalue weighted by atomic mass is 19.4. The summed E-state index contributed by atoms with van der Waals surface area (Å²) < 4.78 is 86.8. The van der Waals surface area contributed by atoms with Crippen LogP contribution in [0.25, 0.3) is 0 Å². The maximum Gasteiger partial charge on any atom is 0.573 e. The van der Waals surface area contributed by atoms with Crippen LogP contribution in [0.5, 0.6) is 11.5 Å². The molecule has 0 heterocycles. The fourth-order valence-electron chi connectivity index (χ4n) is 5.10. The van der Waals surface area contributed by atoms with Crippen LogP contribution in [0.4, 0.5) is 31.1 Å². The molecule has 1 aliphatic carbocycles. The molecule has 3 aromatic carbocycles. The first-order valence-electron chi connectivity index (χ1n) is 12.7. The van der Waals surface area contributed by atoms with E-state index in [0.29, 0.717) is 11.1 Å². The normalized spacial score (nSPS) is 14.6. The van der Waals surface area contributed by atoms with Crippen molar-refractivity contribution in [1.29, 1.82) is 0 Å². The minimum atomic E-state index is -4.96. The topological polar surface area (TPSA) is 59.6 Å². The van der Waals surface area contributed by atoms with Crippen molar-refractivity contribution in [3.8, 4) is 11.5 Å². The van der Waals surface area contributed by atoms with Crippen molar-refractivity contribution in [2.75, 3.05) is 6.54 Å². The minimum Gasteiger partial charge on any atom is -0.406 e. The quantitative estimate of drug-likeness (QED) is 0.268. The van der Waals surface area contributed by atoms with Crippen molar-refractivity contribution in [2.45, 2.75) is 56.3 Å². The van der Waals surface area contributed by atoms with Gasteiger partial charge in [-0.15, -0.1) is 26.3 Å². The van der Waals surface area contributed by atoms with E-state index in [1.165, 1.54) is 24.3 Å². The molecule has 40 heavy (non-hydrogen) atoms. The van der Waals surface area contributed by atoms with Crippen LogP contribution in [0.2, 0.25) is 0 Å². The predicted octanol–water partition coefficient (Wildman–Crippen LogP) is 7.25. The summed E-state index contributed by atoms with van der Waals surface area (Å²) in [4.78, 5) is 12.9. The summed E-state index contributed by atoms with van der Waals surface area (Å²) in [6.45, 7) is -0.147. The number of halogens is 6. The molecule has 0 unspecified atom stereocenters. The first kappa shape index (κ1) is 29.1. The number of nitrogens with one attached hydrogen (secondary N) is 2. The summed E-state index contributed by atoms with van der Waals surface area (Å²) in [6.07, 6.45) is -6.15. The Morgan fingerprint density at radius 2 is 1.27 bits per heavy atom. The van der Waals surface area contributed by atoms with E-state index in [9.17, 15) is 31.1 Å². The number of amides is 2. The van der Waals surface area contributed by atoms with E-state index in [0.717, 1.165) is 43.4 Å². The lowest BCUT2D eigenvalue weighted by Gasteiger charge is -2.36. The van der Waals surface area contributed by atoms with Gasteiger partial charge in [-0.25, -0.2) is 4.79 Å². The number of hydrogen-bond acceptors (Lipinski definition) is 3. The Morgan fingerprint density at radius 1 is 0.750 bits per heavy atom. The van der Waals surface area contributed by atoms with Crippen LogP contribution in [-0.2, 0) is 11.8 Å². The lowest BCUT2D eigenvalue weighted by Crippen LogP contribution is -2.48. The van der Waals surface area contributed by atoms with Gasteiger partial charge in [-0.05, 0) is 60.2 Å². The number of carbonyl (C=O) groups excluding carboxylic acids is 1. The molecule has 0 spiro atoms. The van der Waals surface area contributed by atoms with E-state index in [4.69, 9.17) is 0 Å². The van der Waals surface area contributed by atoms with E-state index >= 15 is 0 Å². The van der Waals surface area contributed by atoms with Gasteiger partial charge in [-0.3, -0.25) is 0 Å².